The van der Waals surface area contributed by atoms with Gasteiger partial charge in [-0.3, -0.25) is 10.1 Å². The van der Waals surface area contributed by atoms with E-state index >= 15 is 0 Å². The number of hydrogen-bond donors (Lipinski definition) is 3. The normalized spacial score (nSPS) is 18.5. The molecule has 0 spiro atoms. The molecular weight excluding hydrogens is 234 g/mol. The first kappa shape index (κ1) is 12.8. The molecule has 98 valence electrons. The lowest BCUT2D eigenvalue weighted by molar-refractivity contribution is -0.385. The minimum Gasteiger partial charge on any atom is -0.502 e. The van der Waals surface area contributed by atoms with Crippen LogP contribution in [0.15, 0.2) is 18.2 Å². The zero-order valence-electron chi connectivity index (χ0n) is 10.0. The predicted octanol–water partition coefficient (Wildman–Crippen LogP) is 1.30. The lowest BCUT2D eigenvalue weighted by Gasteiger charge is -2.28. The Morgan fingerprint density at radius 1 is 1.44 bits per heavy atom. The van der Waals surface area contributed by atoms with Crippen molar-refractivity contribution in [3.8, 4) is 5.75 Å². The molecule has 4 N–H and O–H groups in total. The molecule has 1 saturated heterocycles. The van der Waals surface area contributed by atoms with Crippen molar-refractivity contribution in [1.29, 1.82) is 0 Å². The first-order valence-electron chi connectivity index (χ1n) is 6.03. The Labute approximate surface area is 105 Å². The molecule has 1 aliphatic rings. The number of phenols is 1. The molecule has 0 amide bonds. The van der Waals surface area contributed by atoms with Crippen LogP contribution in [0.2, 0.25) is 0 Å². The Morgan fingerprint density at radius 2 is 2.11 bits per heavy atom. The summed E-state index contributed by atoms with van der Waals surface area (Å²) in [6.45, 7) is 1.86. The highest BCUT2D eigenvalue weighted by Gasteiger charge is 2.24. The monoisotopic (exact) mass is 251 g/mol. The molecular formula is C12H17N3O3. The van der Waals surface area contributed by atoms with Crippen molar-refractivity contribution in [3.05, 3.63) is 33.9 Å². The van der Waals surface area contributed by atoms with Gasteiger partial charge in [0.1, 0.15) is 0 Å². The number of nitro benzene ring substituents is 1. The molecule has 1 heterocycles. The quantitative estimate of drug-likeness (QED) is 0.555. The molecule has 1 aromatic carbocycles. The van der Waals surface area contributed by atoms with Gasteiger partial charge in [-0.1, -0.05) is 6.07 Å². The number of piperidine rings is 1. The van der Waals surface area contributed by atoms with E-state index in [2.05, 4.69) is 5.32 Å². The lowest BCUT2D eigenvalue weighted by atomic mass is 9.86. The fourth-order valence-corrected chi connectivity index (χ4v) is 2.37. The van der Waals surface area contributed by atoms with Crippen LogP contribution < -0.4 is 11.1 Å². The highest BCUT2D eigenvalue weighted by molar-refractivity contribution is 5.48. The average molecular weight is 251 g/mol. The highest BCUT2D eigenvalue weighted by Crippen LogP contribution is 2.32. The van der Waals surface area contributed by atoms with Gasteiger partial charge in [-0.05, 0) is 43.5 Å². The molecule has 18 heavy (non-hydrogen) atoms. The number of rotatable bonds is 3. The van der Waals surface area contributed by atoms with E-state index in [0.29, 0.717) is 11.5 Å². The number of nitrogens with zero attached hydrogens (tertiary/aromatic N) is 1. The molecule has 0 aromatic heterocycles. The predicted molar refractivity (Wildman–Crippen MR) is 67.3 cm³/mol. The summed E-state index contributed by atoms with van der Waals surface area (Å²) in [5, 5.41) is 23.4. The van der Waals surface area contributed by atoms with Crippen LogP contribution in [0.5, 0.6) is 5.75 Å². The number of aromatic hydroxyl groups is 1. The molecule has 2 rings (SSSR count). The SMILES string of the molecule is N[C@@H](c1ccc(O)c([N+](=O)[O-])c1)C1CCNCC1. The molecule has 0 saturated carbocycles. The molecule has 0 unspecified atom stereocenters. The van der Waals surface area contributed by atoms with Crippen LogP contribution in [-0.4, -0.2) is 23.1 Å². The standard InChI is InChI=1S/C12H17N3O3/c13-12(8-3-5-14-6-4-8)9-1-2-11(16)10(7-9)15(17)18/h1-2,7-8,12,14,16H,3-6,13H2/t12-/m1/s1. The maximum absolute atomic E-state index is 10.8. The fourth-order valence-electron chi connectivity index (χ4n) is 2.37. The topological polar surface area (TPSA) is 101 Å². The van der Waals surface area contributed by atoms with E-state index in [-0.39, 0.29) is 17.5 Å². The number of hydrogen-bond acceptors (Lipinski definition) is 5. The Hall–Kier alpha value is -1.66. The van der Waals surface area contributed by atoms with E-state index < -0.39 is 4.92 Å². The summed E-state index contributed by atoms with van der Waals surface area (Å²) in [6, 6.07) is 4.16. The zero-order valence-corrected chi connectivity index (χ0v) is 10.0. The van der Waals surface area contributed by atoms with E-state index in [1.165, 1.54) is 12.1 Å². The fraction of sp³-hybridized carbons (Fsp3) is 0.500. The Kier molecular flexibility index (Phi) is 3.78. The van der Waals surface area contributed by atoms with Crippen molar-refractivity contribution < 1.29 is 10.0 Å². The van der Waals surface area contributed by atoms with Gasteiger partial charge in [-0.2, -0.15) is 0 Å². The van der Waals surface area contributed by atoms with Gasteiger partial charge < -0.3 is 16.2 Å². The van der Waals surface area contributed by atoms with Crippen LogP contribution in [0.1, 0.15) is 24.4 Å². The summed E-state index contributed by atoms with van der Waals surface area (Å²) in [7, 11) is 0. The van der Waals surface area contributed by atoms with Gasteiger partial charge in [0.05, 0.1) is 4.92 Å². The van der Waals surface area contributed by atoms with Crippen molar-refractivity contribution in [2.75, 3.05) is 13.1 Å². The minimum atomic E-state index is -0.589. The molecule has 1 aliphatic heterocycles. The number of benzene rings is 1. The minimum absolute atomic E-state index is 0.216. The van der Waals surface area contributed by atoms with Crippen LogP contribution in [-0.2, 0) is 0 Å². The molecule has 6 heteroatoms. The second-order valence-corrected chi connectivity index (χ2v) is 4.62. The third-order valence-electron chi connectivity index (χ3n) is 3.47. The van der Waals surface area contributed by atoms with Crippen molar-refractivity contribution in [1.82, 2.24) is 5.32 Å². The second kappa shape index (κ2) is 5.32. The molecule has 6 nitrogen and oxygen atoms in total. The molecule has 0 radical (unpaired) electrons. The van der Waals surface area contributed by atoms with E-state index in [4.69, 9.17) is 5.73 Å². The Morgan fingerprint density at radius 3 is 2.72 bits per heavy atom. The van der Waals surface area contributed by atoms with Gasteiger partial charge >= 0.3 is 5.69 Å². The van der Waals surface area contributed by atoms with Crippen LogP contribution >= 0.6 is 0 Å². The van der Waals surface area contributed by atoms with Crippen LogP contribution in [0.4, 0.5) is 5.69 Å². The summed E-state index contributed by atoms with van der Waals surface area (Å²) in [5.41, 5.74) is 6.59. The average Bonchev–Trinajstić information content (AvgIpc) is 2.39. The number of nitrogens with one attached hydrogen (secondary N) is 1. The first-order valence-corrected chi connectivity index (χ1v) is 6.03. The van der Waals surface area contributed by atoms with Gasteiger partial charge in [-0.25, -0.2) is 0 Å². The van der Waals surface area contributed by atoms with E-state index in [1.54, 1.807) is 6.07 Å². The van der Waals surface area contributed by atoms with Crippen molar-refractivity contribution in [3.63, 3.8) is 0 Å². The Balaban J connectivity index is 2.21. The summed E-state index contributed by atoms with van der Waals surface area (Å²) in [5.74, 6) is 0.0108. The van der Waals surface area contributed by atoms with Crippen LogP contribution in [0.25, 0.3) is 0 Å². The first-order chi connectivity index (χ1) is 8.59. The van der Waals surface area contributed by atoms with Crippen molar-refractivity contribution in [2.24, 2.45) is 11.7 Å². The second-order valence-electron chi connectivity index (χ2n) is 4.62. The van der Waals surface area contributed by atoms with Crippen molar-refractivity contribution in [2.45, 2.75) is 18.9 Å². The maximum Gasteiger partial charge on any atom is 0.311 e. The maximum atomic E-state index is 10.8. The smallest absolute Gasteiger partial charge is 0.311 e. The summed E-state index contributed by atoms with van der Waals surface area (Å²) < 4.78 is 0. The third-order valence-corrected chi connectivity index (χ3v) is 3.47. The van der Waals surface area contributed by atoms with Gasteiger partial charge in [0, 0.05) is 12.1 Å². The van der Waals surface area contributed by atoms with Gasteiger partial charge in [0.2, 0.25) is 0 Å². The lowest BCUT2D eigenvalue weighted by Crippen LogP contribution is -2.33. The van der Waals surface area contributed by atoms with Crippen molar-refractivity contribution >= 4 is 5.69 Å². The zero-order chi connectivity index (χ0) is 13.1. The number of nitro groups is 1. The summed E-state index contributed by atoms with van der Waals surface area (Å²) in [4.78, 5) is 10.2. The molecule has 1 fully saturated rings. The molecule has 0 bridgehead atoms. The molecule has 1 aromatic rings. The van der Waals surface area contributed by atoms with E-state index in [0.717, 1.165) is 25.9 Å². The Bertz CT molecular complexity index is 444. The molecule has 0 aliphatic carbocycles. The van der Waals surface area contributed by atoms with E-state index in [9.17, 15) is 15.2 Å². The molecule has 1 atom stereocenters. The summed E-state index contributed by atoms with van der Waals surface area (Å²) >= 11 is 0. The third kappa shape index (κ3) is 2.60. The highest BCUT2D eigenvalue weighted by atomic mass is 16.6. The van der Waals surface area contributed by atoms with Gasteiger partial charge in [0.15, 0.2) is 5.75 Å². The summed E-state index contributed by atoms with van der Waals surface area (Å²) in [6.07, 6.45) is 1.94. The van der Waals surface area contributed by atoms with E-state index in [1.807, 2.05) is 0 Å². The van der Waals surface area contributed by atoms with Crippen LogP contribution in [0, 0.1) is 16.0 Å². The number of phenolic OH excluding ortho intramolecular Hbond substituents is 1. The largest absolute Gasteiger partial charge is 0.502 e. The number of nitrogens with two attached hydrogens (primary N) is 1. The van der Waals surface area contributed by atoms with Gasteiger partial charge in [-0.15, -0.1) is 0 Å². The van der Waals surface area contributed by atoms with Gasteiger partial charge in [0.25, 0.3) is 0 Å². The van der Waals surface area contributed by atoms with Crippen LogP contribution in [0.3, 0.4) is 0 Å².